The molecular formula is C20H23N3O4S. The van der Waals surface area contributed by atoms with E-state index in [0.717, 1.165) is 22.4 Å². The van der Waals surface area contributed by atoms with Gasteiger partial charge in [-0.3, -0.25) is 9.52 Å². The van der Waals surface area contributed by atoms with Gasteiger partial charge in [-0.25, -0.2) is 13.8 Å². The highest BCUT2D eigenvalue weighted by atomic mass is 32.2. The number of methoxy groups -OCH3 is 1. The van der Waals surface area contributed by atoms with Crippen LogP contribution in [0.3, 0.4) is 0 Å². The van der Waals surface area contributed by atoms with Crippen LogP contribution < -0.4 is 14.9 Å². The summed E-state index contributed by atoms with van der Waals surface area (Å²) in [7, 11) is -2.37. The Hall–Kier alpha value is -2.87. The molecule has 0 unspecified atom stereocenters. The van der Waals surface area contributed by atoms with Crippen molar-refractivity contribution in [3.05, 3.63) is 53.1 Å². The Morgan fingerprint density at radius 3 is 2.39 bits per heavy atom. The summed E-state index contributed by atoms with van der Waals surface area (Å²) in [5.74, 6) is 0.187. The van der Waals surface area contributed by atoms with Gasteiger partial charge in [0, 0.05) is 18.0 Å². The molecule has 1 aliphatic heterocycles. The molecule has 2 aromatic rings. The van der Waals surface area contributed by atoms with E-state index in [2.05, 4.69) is 15.2 Å². The van der Waals surface area contributed by atoms with Crippen molar-refractivity contribution >= 4 is 27.3 Å². The molecule has 0 bridgehead atoms. The zero-order valence-corrected chi connectivity index (χ0v) is 17.1. The Labute approximate surface area is 164 Å². The molecule has 1 amide bonds. The summed E-state index contributed by atoms with van der Waals surface area (Å²) in [5, 5.41) is 4.12. The van der Waals surface area contributed by atoms with Crippen molar-refractivity contribution in [2.75, 3.05) is 11.8 Å². The van der Waals surface area contributed by atoms with Crippen LogP contribution in [0.4, 0.5) is 5.69 Å². The molecule has 0 aromatic heterocycles. The maximum absolute atomic E-state index is 12.9. The lowest BCUT2D eigenvalue weighted by molar-refractivity contribution is -0.121. The van der Waals surface area contributed by atoms with Gasteiger partial charge in [0.1, 0.15) is 10.6 Å². The van der Waals surface area contributed by atoms with Crippen LogP contribution in [0, 0.1) is 19.8 Å². The van der Waals surface area contributed by atoms with E-state index < -0.39 is 10.0 Å². The minimum atomic E-state index is -3.81. The van der Waals surface area contributed by atoms with Crippen molar-refractivity contribution in [2.45, 2.75) is 32.1 Å². The second-order valence-electron chi connectivity index (χ2n) is 6.91. The topological polar surface area (TPSA) is 96.9 Å². The Morgan fingerprint density at radius 2 is 1.79 bits per heavy atom. The van der Waals surface area contributed by atoms with E-state index in [-0.39, 0.29) is 16.7 Å². The van der Waals surface area contributed by atoms with Crippen molar-refractivity contribution in [3.8, 4) is 5.75 Å². The van der Waals surface area contributed by atoms with E-state index in [0.29, 0.717) is 17.9 Å². The van der Waals surface area contributed by atoms with Gasteiger partial charge in [-0.15, -0.1) is 0 Å². The number of ether oxygens (including phenoxy) is 1. The highest BCUT2D eigenvalue weighted by Gasteiger charge is 2.23. The molecule has 2 aromatic carbocycles. The second-order valence-corrected chi connectivity index (χ2v) is 8.56. The average Bonchev–Trinajstić information content (AvgIpc) is 2.64. The minimum absolute atomic E-state index is 0.00362. The van der Waals surface area contributed by atoms with E-state index in [4.69, 9.17) is 4.74 Å². The number of anilines is 1. The number of hydrogen-bond donors (Lipinski definition) is 2. The normalized spacial score (nSPS) is 16.9. The maximum atomic E-state index is 12.9. The van der Waals surface area contributed by atoms with Gasteiger partial charge in [0.15, 0.2) is 0 Å². The number of hydrogen-bond acceptors (Lipinski definition) is 5. The number of aryl methyl sites for hydroxylation is 2. The number of nitrogens with zero attached hydrogens (tertiary/aromatic N) is 1. The van der Waals surface area contributed by atoms with Crippen LogP contribution in [-0.2, 0) is 14.8 Å². The molecule has 0 saturated heterocycles. The van der Waals surface area contributed by atoms with Gasteiger partial charge in [-0.05, 0) is 54.8 Å². The average molecular weight is 401 g/mol. The number of hydrazone groups is 1. The molecule has 3 rings (SSSR count). The number of rotatable bonds is 5. The van der Waals surface area contributed by atoms with Gasteiger partial charge in [-0.2, -0.15) is 5.10 Å². The number of nitrogens with one attached hydrogen (secondary N) is 2. The lowest BCUT2D eigenvalue weighted by Crippen LogP contribution is -2.31. The van der Waals surface area contributed by atoms with Gasteiger partial charge in [-0.1, -0.05) is 19.1 Å². The first-order valence-electron chi connectivity index (χ1n) is 8.86. The molecule has 0 fully saturated rings. The third kappa shape index (κ3) is 4.01. The molecular weight excluding hydrogens is 378 g/mol. The molecule has 1 aliphatic rings. The molecule has 0 spiro atoms. The van der Waals surface area contributed by atoms with Gasteiger partial charge in [0.25, 0.3) is 10.0 Å². The molecule has 1 heterocycles. The molecule has 28 heavy (non-hydrogen) atoms. The maximum Gasteiger partial charge on any atom is 0.265 e. The Kier molecular flexibility index (Phi) is 5.42. The summed E-state index contributed by atoms with van der Waals surface area (Å²) < 4.78 is 33.6. The quantitative estimate of drug-likeness (QED) is 0.805. The second kappa shape index (κ2) is 7.63. The number of benzene rings is 2. The summed E-state index contributed by atoms with van der Waals surface area (Å²) in [4.78, 5) is 11.5. The van der Waals surface area contributed by atoms with E-state index in [1.165, 1.54) is 7.11 Å². The zero-order valence-electron chi connectivity index (χ0n) is 16.2. The molecule has 0 saturated carbocycles. The van der Waals surface area contributed by atoms with Crippen LogP contribution in [0.2, 0.25) is 0 Å². The van der Waals surface area contributed by atoms with Crippen LogP contribution in [0.25, 0.3) is 0 Å². The van der Waals surface area contributed by atoms with E-state index >= 15 is 0 Å². The van der Waals surface area contributed by atoms with Crippen molar-refractivity contribution in [3.63, 3.8) is 0 Å². The van der Waals surface area contributed by atoms with Crippen molar-refractivity contribution in [1.29, 1.82) is 0 Å². The summed E-state index contributed by atoms with van der Waals surface area (Å²) in [6, 6.07) is 10.2. The number of amides is 1. The fourth-order valence-electron chi connectivity index (χ4n) is 3.05. The molecule has 2 N–H and O–H groups in total. The number of carbonyl (C=O) groups excluding carboxylic acids is 1. The Balaban J connectivity index is 1.86. The third-order valence-corrected chi connectivity index (χ3v) is 6.16. The molecule has 7 nitrogen and oxygen atoms in total. The summed E-state index contributed by atoms with van der Waals surface area (Å²) >= 11 is 0. The first-order chi connectivity index (χ1) is 13.2. The van der Waals surface area contributed by atoms with Gasteiger partial charge in [0.2, 0.25) is 5.91 Å². The van der Waals surface area contributed by atoms with Crippen molar-refractivity contribution in [2.24, 2.45) is 11.0 Å². The lowest BCUT2D eigenvalue weighted by atomic mass is 9.94. The molecule has 8 heteroatoms. The van der Waals surface area contributed by atoms with Crippen LogP contribution >= 0.6 is 0 Å². The number of sulfonamides is 1. The molecule has 0 aliphatic carbocycles. The molecule has 1 atom stereocenters. The van der Waals surface area contributed by atoms with Crippen LogP contribution in [0.1, 0.15) is 30.0 Å². The Morgan fingerprint density at radius 1 is 1.14 bits per heavy atom. The van der Waals surface area contributed by atoms with Crippen molar-refractivity contribution < 1.29 is 17.9 Å². The third-order valence-electron chi connectivity index (χ3n) is 4.76. The van der Waals surface area contributed by atoms with Gasteiger partial charge in [0.05, 0.1) is 12.8 Å². The monoisotopic (exact) mass is 401 g/mol. The fraction of sp³-hybridized carbons (Fsp3) is 0.300. The standard InChI is InChI=1S/C20H23N3O4S/c1-12-9-17(27-4)18(10-13(12)2)28(25,26)23-16-7-5-15(6-8-16)20-14(3)11-19(24)21-22-20/h5-10,14,23H,11H2,1-4H3,(H,21,24)/t14-/m1/s1. The predicted octanol–water partition coefficient (Wildman–Crippen LogP) is 2.97. The minimum Gasteiger partial charge on any atom is -0.495 e. The van der Waals surface area contributed by atoms with Gasteiger partial charge >= 0.3 is 0 Å². The summed E-state index contributed by atoms with van der Waals surface area (Å²) in [6.45, 7) is 5.69. The fourth-order valence-corrected chi connectivity index (χ4v) is 4.35. The van der Waals surface area contributed by atoms with Crippen LogP contribution in [0.15, 0.2) is 46.4 Å². The van der Waals surface area contributed by atoms with Crippen LogP contribution in [-0.4, -0.2) is 27.1 Å². The number of carbonyl (C=O) groups is 1. The van der Waals surface area contributed by atoms with E-state index in [1.54, 1.807) is 36.4 Å². The van der Waals surface area contributed by atoms with E-state index in [9.17, 15) is 13.2 Å². The largest absolute Gasteiger partial charge is 0.495 e. The predicted molar refractivity (Wildman–Crippen MR) is 108 cm³/mol. The van der Waals surface area contributed by atoms with Gasteiger partial charge < -0.3 is 4.74 Å². The first kappa shape index (κ1) is 19.9. The SMILES string of the molecule is COc1cc(C)c(C)cc1S(=O)(=O)Nc1ccc(C2=NNC(=O)C[C@H]2C)cc1. The van der Waals surface area contributed by atoms with Crippen LogP contribution in [0.5, 0.6) is 5.75 Å². The van der Waals surface area contributed by atoms with E-state index in [1.807, 2.05) is 20.8 Å². The molecule has 0 radical (unpaired) electrons. The lowest BCUT2D eigenvalue weighted by Gasteiger charge is -2.19. The highest BCUT2D eigenvalue weighted by Crippen LogP contribution is 2.29. The first-order valence-corrected chi connectivity index (χ1v) is 10.3. The summed E-state index contributed by atoms with van der Waals surface area (Å²) in [5.41, 5.74) is 6.33. The summed E-state index contributed by atoms with van der Waals surface area (Å²) in [6.07, 6.45) is 0.375. The zero-order chi connectivity index (χ0) is 20.5. The van der Waals surface area contributed by atoms with Crippen molar-refractivity contribution in [1.82, 2.24) is 5.43 Å². The smallest absolute Gasteiger partial charge is 0.265 e. The molecule has 148 valence electrons. The Bertz CT molecular complexity index is 1040. The highest BCUT2D eigenvalue weighted by molar-refractivity contribution is 7.92.